The molecule has 0 saturated carbocycles. The molecule has 84 valence electrons. The highest BCUT2D eigenvalue weighted by Crippen LogP contribution is 2.27. The average molecular weight is 233 g/mol. The maximum atomic E-state index is 5.09. The molecular weight excluding hydrogens is 218 g/mol. The average Bonchev–Trinajstić information content (AvgIpc) is 2.77. The molecule has 3 heteroatoms. The van der Waals surface area contributed by atoms with Crippen molar-refractivity contribution in [1.29, 1.82) is 0 Å². The molecule has 2 rings (SSSR count). The quantitative estimate of drug-likeness (QED) is 0.801. The van der Waals surface area contributed by atoms with E-state index in [9.17, 15) is 0 Å². The van der Waals surface area contributed by atoms with E-state index in [0.29, 0.717) is 11.1 Å². The predicted octanol–water partition coefficient (Wildman–Crippen LogP) is 3.94. The van der Waals surface area contributed by atoms with Crippen LogP contribution in [0.25, 0.3) is 11.3 Å². The van der Waals surface area contributed by atoms with Crippen LogP contribution in [-0.2, 0) is 0 Å². The van der Waals surface area contributed by atoms with Gasteiger partial charge in [0.25, 0.3) is 5.19 Å². The number of hydrogen-bond acceptors (Lipinski definition) is 3. The Bertz CT molecular complexity index is 459. The summed E-state index contributed by atoms with van der Waals surface area (Å²) in [6, 6.07) is 8.55. The summed E-state index contributed by atoms with van der Waals surface area (Å²) >= 11 is 1.52. The molecule has 0 radical (unpaired) electrons. The Balaban J connectivity index is 2.27. The largest absolute Gasteiger partial charge is 0.473 e. The lowest BCUT2D eigenvalue weighted by Crippen LogP contribution is -1.87. The first-order valence-electron chi connectivity index (χ1n) is 5.30. The first-order valence-corrected chi connectivity index (χ1v) is 6.18. The smallest absolute Gasteiger partial charge is 0.273 e. The third kappa shape index (κ3) is 2.25. The van der Waals surface area contributed by atoms with Crippen LogP contribution in [0.1, 0.15) is 25.3 Å². The Morgan fingerprint density at radius 2 is 1.88 bits per heavy atom. The third-order valence-electron chi connectivity index (χ3n) is 2.53. The fraction of sp³-hybridized carbons (Fsp3) is 0.308. The van der Waals surface area contributed by atoms with E-state index in [-0.39, 0.29) is 0 Å². The maximum absolute atomic E-state index is 5.09. The molecule has 0 aliphatic heterocycles. The summed E-state index contributed by atoms with van der Waals surface area (Å²) in [6.45, 7) is 4.39. The minimum absolute atomic E-state index is 0.569. The van der Waals surface area contributed by atoms with Gasteiger partial charge in [0.2, 0.25) is 0 Å². The molecule has 1 heterocycles. The van der Waals surface area contributed by atoms with Crippen LogP contribution < -0.4 is 4.74 Å². The van der Waals surface area contributed by atoms with E-state index in [0.717, 1.165) is 11.3 Å². The number of rotatable bonds is 3. The van der Waals surface area contributed by atoms with Crippen molar-refractivity contribution in [2.24, 2.45) is 0 Å². The summed E-state index contributed by atoms with van der Waals surface area (Å²) in [6.07, 6.45) is 0. The molecule has 1 aromatic heterocycles. The Hall–Kier alpha value is -1.35. The van der Waals surface area contributed by atoms with E-state index in [1.807, 2.05) is 5.38 Å². The van der Waals surface area contributed by atoms with Crippen molar-refractivity contribution >= 4 is 11.3 Å². The first-order chi connectivity index (χ1) is 7.70. The second kappa shape index (κ2) is 4.66. The number of benzene rings is 1. The van der Waals surface area contributed by atoms with Crippen molar-refractivity contribution in [2.75, 3.05) is 7.11 Å². The van der Waals surface area contributed by atoms with Crippen LogP contribution in [0.3, 0.4) is 0 Å². The van der Waals surface area contributed by atoms with Crippen LogP contribution in [0.4, 0.5) is 0 Å². The fourth-order valence-electron chi connectivity index (χ4n) is 1.52. The number of thiazole rings is 1. The summed E-state index contributed by atoms with van der Waals surface area (Å²) < 4.78 is 5.09. The van der Waals surface area contributed by atoms with Crippen molar-refractivity contribution in [1.82, 2.24) is 4.98 Å². The zero-order valence-corrected chi connectivity index (χ0v) is 10.5. The highest BCUT2D eigenvalue weighted by Gasteiger charge is 2.05. The molecule has 2 aromatic rings. The fourth-order valence-corrected chi connectivity index (χ4v) is 2.17. The van der Waals surface area contributed by atoms with Gasteiger partial charge in [-0.15, -0.1) is 0 Å². The van der Waals surface area contributed by atoms with E-state index in [4.69, 9.17) is 4.74 Å². The summed E-state index contributed by atoms with van der Waals surface area (Å²) in [7, 11) is 1.64. The van der Waals surface area contributed by atoms with Gasteiger partial charge in [-0.05, 0) is 11.5 Å². The zero-order valence-electron chi connectivity index (χ0n) is 9.73. The van der Waals surface area contributed by atoms with Gasteiger partial charge in [0.05, 0.1) is 12.8 Å². The molecule has 0 amide bonds. The molecular formula is C13H15NOS. The van der Waals surface area contributed by atoms with Crippen molar-refractivity contribution in [3.8, 4) is 16.5 Å². The van der Waals surface area contributed by atoms with E-state index in [1.54, 1.807) is 7.11 Å². The second-order valence-electron chi connectivity index (χ2n) is 3.98. The number of hydrogen-bond donors (Lipinski definition) is 0. The summed E-state index contributed by atoms with van der Waals surface area (Å²) in [5.74, 6) is 0.569. The lowest BCUT2D eigenvalue weighted by molar-refractivity contribution is 0.412. The molecule has 0 N–H and O–H groups in total. The van der Waals surface area contributed by atoms with Gasteiger partial charge in [-0.25, -0.2) is 4.98 Å². The van der Waals surface area contributed by atoms with Gasteiger partial charge in [-0.2, -0.15) is 0 Å². The molecule has 1 aromatic carbocycles. The Kier molecular flexibility index (Phi) is 3.25. The maximum Gasteiger partial charge on any atom is 0.273 e. The Labute approximate surface area is 99.9 Å². The number of ether oxygens (including phenoxy) is 1. The van der Waals surface area contributed by atoms with Gasteiger partial charge >= 0.3 is 0 Å². The number of aromatic nitrogens is 1. The normalized spacial score (nSPS) is 10.8. The van der Waals surface area contributed by atoms with Gasteiger partial charge in [0.1, 0.15) is 0 Å². The summed E-state index contributed by atoms with van der Waals surface area (Å²) in [5.41, 5.74) is 3.48. The summed E-state index contributed by atoms with van der Waals surface area (Å²) in [4.78, 5) is 4.37. The van der Waals surface area contributed by atoms with Crippen molar-refractivity contribution in [2.45, 2.75) is 19.8 Å². The monoisotopic (exact) mass is 233 g/mol. The molecule has 0 spiro atoms. The van der Waals surface area contributed by atoms with Gasteiger partial charge in [0.15, 0.2) is 0 Å². The minimum atomic E-state index is 0.569. The molecule has 0 aliphatic rings. The molecule has 2 nitrogen and oxygen atoms in total. The van der Waals surface area contributed by atoms with Gasteiger partial charge in [-0.1, -0.05) is 49.4 Å². The topological polar surface area (TPSA) is 22.1 Å². The molecule has 0 atom stereocenters. The lowest BCUT2D eigenvalue weighted by Gasteiger charge is -2.05. The van der Waals surface area contributed by atoms with Crippen LogP contribution in [0, 0.1) is 0 Å². The minimum Gasteiger partial charge on any atom is -0.473 e. The number of nitrogens with zero attached hydrogens (tertiary/aromatic N) is 1. The molecule has 0 saturated heterocycles. The zero-order chi connectivity index (χ0) is 11.5. The molecule has 0 unspecified atom stereocenters. The summed E-state index contributed by atoms with van der Waals surface area (Å²) in [5, 5.41) is 2.73. The third-order valence-corrected chi connectivity index (χ3v) is 3.33. The predicted molar refractivity (Wildman–Crippen MR) is 68.2 cm³/mol. The highest BCUT2D eigenvalue weighted by atomic mass is 32.1. The molecule has 0 bridgehead atoms. The molecule has 0 aliphatic carbocycles. The first kappa shape index (κ1) is 11.1. The standard InChI is InChI=1S/C13H15NOS/c1-9(2)10-4-6-11(7-5-10)12-8-16-13(14-12)15-3/h4-9H,1-3H3. The molecule has 16 heavy (non-hydrogen) atoms. The number of methoxy groups -OCH3 is 1. The van der Waals surface area contributed by atoms with Gasteiger partial charge in [0, 0.05) is 10.9 Å². The van der Waals surface area contributed by atoms with Crippen LogP contribution in [0.5, 0.6) is 5.19 Å². The molecule has 0 fully saturated rings. The van der Waals surface area contributed by atoms with Crippen molar-refractivity contribution in [3.63, 3.8) is 0 Å². The van der Waals surface area contributed by atoms with E-state index in [2.05, 4.69) is 43.1 Å². The van der Waals surface area contributed by atoms with Crippen molar-refractivity contribution in [3.05, 3.63) is 35.2 Å². The SMILES string of the molecule is COc1nc(-c2ccc(C(C)C)cc2)cs1. The van der Waals surface area contributed by atoms with Crippen LogP contribution in [-0.4, -0.2) is 12.1 Å². The van der Waals surface area contributed by atoms with E-state index in [1.165, 1.54) is 16.9 Å². The van der Waals surface area contributed by atoms with E-state index >= 15 is 0 Å². The van der Waals surface area contributed by atoms with Gasteiger partial charge in [-0.3, -0.25) is 0 Å². The highest BCUT2D eigenvalue weighted by molar-refractivity contribution is 7.11. The van der Waals surface area contributed by atoms with Gasteiger partial charge < -0.3 is 4.74 Å². The Morgan fingerprint density at radius 3 is 2.38 bits per heavy atom. The Morgan fingerprint density at radius 1 is 1.19 bits per heavy atom. The van der Waals surface area contributed by atoms with Crippen molar-refractivity contribution < 1.29 is 4.74 Å². The lowest BCUT2D eigenvalue weighted by atomic mass is 10.0. The van der Waals surface area contributed by atoms with E-state index < -0.39 is 0 Å². The van der Waals surface area contributed by atoms with Crippen LogP contribution in [0.2, 0.25) is 0 Å². The van der Waals surface area contributed by atoms with Crippen LogP contribution in [0.15, 0.2) is 29.6 Å². The second-order valence-corrected chi connectivity index (χ2v) is 4.80. The van der Waals surface area contributed by atoms with Crippen LogP contribution >= 0.6 is 11.3 Å².